The van der Waals surface area contributed by atoms with Gasteiger partial charge in [-0.2, -0.15) is 0 Å². The Labute approximate surface area is 105 Å². The van der Waals surface area contributed by atoms with E-state index in [1.807, 2.05) is 0 Å². The molecule has 2 aliphatic rings. The Morgan fingerprint density at radius 1 is 1.24 bits per heavy atom. The third-order valence-electron chi connectivity index (χ3n) is 4.50. The lowest BCUT2D eigenvalue weighted by Gasteiger charge is -2.17. The first-order valence-corrected chi connectivity index (χ1v) is 7.31. The molecule has 98 valence electrons. The van der Waals surface area contributed by atoms with E-state index in [9.17, 15) is 0 Å². The molecule has 17 heavy (non-hydrogen) atoms. The molecule has 2 saturated carbocycles. The molecule has 0 unspecified atom stereocenters. The van der Waals surface area contributed by atoms with Crippen molar-refractivity contribution in [3.05, 3.63) is 0 Å². The Morgan fingerprint density at radius 2 is 1.88 bits per heavy atom. The van der Waals surface area contributed by atoms with Crippen molar-refractivity contribution in [1.29, 1.82) is 0 Å². The smallest absolute Gasteiger partial charge is 0.188 e. The molecule has 0 atom stereocenters. The van der Waals surface area contributed by atoms with Gasteiger partial charge in [0.1, 0.15) is 0 Å². The van der Waals surface area contributed by atoms with Crippen LogP contribution >= 0.6 is 0 Å². The molecule has 0 heterocycles. The fourth-order valence-corrected chi connectivity index (χ4v) is 2.73. The molecule has 3 nitrogen and oxygen atoms in total. The number of guanidine groups is 1. The molecule has 0 aromatic rings. The highest BCUT2D eigenvalue weighted by molar-refractivity contribution is 5.78. The van der Waals surface area contributed by atoms with E-state index < -0.39 is 0 Å². The van der Waals surface area contributed by atoms with E-state index in [4.69, 9.17) is 5.73 Å². The van der Waals surface area contributed by atoms with Crippen molar-refractivity contribution in [1.82, 2.24) is 5.32 Å². The van der Waals surface area contributed by atoms with Crippen LogP contribution in [0.3, 0.4) is 0 Å². The minimum absolute atomic E-state index is 0.510. The summed E-state index contributed by atoms with van der Waals surface area (Å²) < 4.78 is 0. The van der Waals surface area contributed by atoms with Gasteiger partial charge >= 0.3 is 0 Å². The van der Waals surface area contributed by atoms with E-state index in [0.717, 1.165) is 6.54 Å². The molecule has 0 saturated heterocycles. The summed E-state index contributed by atoms with van der Waals surface area (Å²) >= 11 is 0. The van der Waals surface area contributed by atoms with Gasteiger partial charge in [-0.05, 0) is 37.5 Å². The molecule has 2 fully saturated rings. The first kappa shape index (κ1) is 12.7. The monoisotopic (exact) mass is 237 g/mol. The van der Waals surface area contributed by atoms with Gasteiger partial charge in [0.25, 0.3) is 0 Å². The van der Waals surface area contributed by atoms with E-state index in [1.54, 1.807) is 0 Å². The molecule has 2 aliphatic carbocycles. The van der Waals surface area contributed by atoms with E-state index in [2.05, 4.69) is 17.2 Å². The summed E-state index contributed by atoms with van der Waals surface area (Å²) in [6, 6.07) is 0.568. The van der Waals surface area contributed by atoms with Gasteiger partial charge in [-0.15, -0.1) is 0 Å². The lowest BCUT2D eigenvalue weighted by molar-refractivity contribution is 0.498. The number of aliphatic imine (C=N–C) groups is 1. The van der Waals surface area contributed by atoms with Crippen molar-refractivity contribution in [3.63, 3.8) is 0 Å². The third-order valence-corrected chi connectivity index (χ3v) is 4.50. The number of nitrogens with one attached hydrogen (secondary N) is 1. The van der Waals surface area contributed by atoms with Crippen molar-refractivity contribution in [2.24, 2.45) is 16.1 Å². The second-order valence-electron chi connectivity index (χ2n) is 5.89. The maximum absolute atomic E-state index is 5.98. The number of hydrogen-bond acceptors (Lipinski definition) is 1. The van der Waals surface area contributed by atoms with Gasteiger partial charge in [0.2, 0.25) is 0 Å². The van der Waals surface area contributed by atoms with Gasteiger partial charge in [-0.25, -0.2) is 0 Å². The molecule has 2 rings (SSSR count). The summed E-state index contributed by atoms with van der Waals surface area (Å²) in [5, 5.41) is 3.41. The van der Waals surface area contributed by atoms with Crippen LogP contribution < -0.4 is 11.1 Å². The summed E-state index contributed by atoms with van der Waals surface area (Å²) in [4.78, 5) is 4.54. The third kappa shape index (κ3) is 3.90. The molecule has 0 radical (unpaired) electrons. The zero-order valence-electron chi connectivity index (χ0n) is 11.2. The van der Waals surface area contributed by atoms with Gasteiger partial charge < -0.3 is 11.1 Å². The summed E-state index contributed by atoms with van der Waals surface area (Å²) in [5.41, 5.74) is 6.49. The standard InChI is InChI=1S/C14H27N3/c1-2-14(9-10-14)11-16-13(15)17-12-7-5-3-4-6-8-12/h12H,2-11H2,1H3,(H3,15,16,17). The topological polar surface area (TPSA) is 50.4 Å². The molecular formula is C14H27N3. The van der Waals surface area contributed by atoms with Gasteiger partial charge in [-0.3, -0.25) is 4.99 Å². The normalized spacial score (nSPS) is 25.4. The van der Waals surface area contributed by atoms with Crippen LogP contribution in [0.4, 0.5) is 0 Å². The van der Waals surface area contributed by atoms with E-state index in [-0.39, 0.29) is 0 Å². The van der Waals surface area contributed by atoms with Crippen LogP contribution in [-0.4, -0.2) is 18.5 Å². The molecule has 0 aromatic carbocycles. The lowest BCUT2D eigenvalue weighted by Crippen LogP contribution is -2.40. The second kappa shape index (κ2) is 5.74. The Bertz CT molecular complexity index is 261. The van der Waals surface area contributed by atoms with E-state index >= 15 is 0 Å². The number of rotatable bonds is 4. The summed E-state index contributed by atoms with van der Waals surface area (Å²) in [5.74, 6) is 0.677. The summed E-state index contributed by atoms with van der Waals surface area (Å²) in [6.45, 7) is 3.19. The van der Waals surface area contributed by atoms with Gasteiger partial charge in [0.05, 0.1) is 0 Å². The zero-order chi connectivity index (χ0) is 12.1. The Hall–Kier alpha value is -0.730. The first-order chi connectivity index (χ1) is 8.24. The minimum atomic E-state index is 0.510. The van der Waals surface area contributed by atoms with Crippen molar-refractivity contribution in [2.45, 2.75) is 70.8 Å². The van der Waals surface area contributed by atoms with Crippen LogP contribution in [0.25, 0.3) is 0 Å². The number of hydrogen-bond donors (Lipinski definition) is 2. The first-order valence-electron chi connectivity index (χ1n) is 7.31. The van der Waals surface area contributed by atoms with E-state index in [0.29, 0.717) is 17.4 Å². The highest BCUT2D eigenvalue weighted by Gasteiger charge is 2.40. The number of nitrogens with zero attached hydrogens (tertiary/aromatic N) is 1. The Balaban J connectivity index is 1.75. The largest absolute Gasteiger partial charge is 0.370 e. The van der Waals surface area contributed by atoms with Crippen molar-refractivity contribution in [2.75, 3.05) is 6.54 Å². The quantitative estimate of drug-likeness (QED) is 0.449. The molecule has 3 heteroatoms. The van der Waals surface area contributed by atoms with Crippen molar-refractivity contribution < 1.29 is 0 Å². The summed E-state index contributed by atoms with van der Waals surface area (Å²) in [7, 11) is 0. The van der Waals surface area contributed by atoms with Crippen LogP contribution in [0.2, 0.25) is 0 Å². The van der Waals surface area contributed by atoms with Gasteiger partial charge in [-0.1, -0.05) is 32.6 Å². The van der Waals surface area contributed by atoms with Crippen molar-refractivity contribution >= 4 is 5.96 Å². The molecule has 0 amide bonds. The number of nitrogens with two attached hydrogens (primary N) is 1. The lowest BCUT2D eigenvalue weighted by atomic mass is 10.1. The Morgan fingerprint density at radius 3 is 2.41 bits per heavy atom. The molecule has 0 bridgehead atoms. The highest BCUT2D eigenvalue weighted by atomic mass is 15.1. The molecule has 3 N–H and O–H groups in total. The van der Waals surface area contributed by atoms with E-state index in [1.165, 1.54) is 57.8 Å². The second-order valence-corrected chi connectivity index (χ2v) is 5.89. The van der Waals surface area contributed by atoms with Crippen LogP contribution in [0, 0.1) is 5.41 Å². The highest BCUT2D eigenvalue weighted by Crippen LogP contribution is 2.48. The predicted molar refractivity (Wildman–Crippen MR) is 73.1 cm³/mol. The van der Waals surface area contributed by atoms with Crippen LogP contribution in [0.5, 0.6) is 0 Å². The molecule has 0 aromatic heterocycles. The summed E-state index contributed by atoms with van der Waals surface area (Å²) in [6.07, 6.45) is 11.9. The minimum Gasteiger partial charge on any atom is -0.370 e. The SMILES string of the molecule is CCC1(CN=C(N)NC2CCCCCC2)CC1. The van der Waals surface area contributed by atoms with Gasteiger partial charge in [0.15, 0.2) is 5.96 Å². The van der Waals surface area contributed by atoms with Crippen molar-refractivity contribution in [3.8, 4) is 0 Å². The average Bonchev–Trinajstić information content (AvgIpc) is 3.12. The molecular weight excluding hydrogens is 210 g/mol. The fourth-order valence-electron chi connectivity index (χ4n) is 2.73. The fraction of sp³-hybridized carbons (Fsp3) is 0.929. The molecule has 0 spiro atoms. The maximum Gasteiger partial charge on any atom is 0.188 e. The zero-order valence-corrected chi connectivity index (χ0v) is 11.2. The van der Waals surface area contributed by atoms with Crippen LogP contribution in [-0.2, 0) is 0 Å². The maximum atomic E-state index is 5.98. The Kier molecular flexibility index (Phi) is 4.30. The van der Waals surface area contributed by atoms with Gasteiger partial charge in [0, 0.05) is 12.6 Å². The van der Waals surface area contributed by atoms with Crippen LogP contribution in [0.15, 0.2) is 4.99 Å². The molecule has 0 aliphatic heterocycles. The van der Waals surface area contributed by atoms with Crippen LogP contribution in [0.1, 0.15) is 64.7 Å². The average molecular weight is 237 g/mol. The predicted octanol–water partition coefficient (Wildman–Crippen LogP) is 2.80.